The molecule has 2 atom stereocenters. The number of primary amides is 1. The molecule has 6 nitrogen and oxygen atoms in total. The van der Waals surface area contributed by atoms with E-state index < -0.39 is 11.7 Å². The van der Waals surface area contributed by atoms with Crippen LogP contribution < -0.4 is 16.0 Å². The van der Waals surface area contributed by atoms with Crippen molar-refractivity contribution in [2.45, 2.75) is 45.7 Å². The number of halogens is 2. The zero-order chi connectivity index (χ0) is 20.6. The van der Waals surface area contributed by atoms with E-state index in [1.54, 1.807) is 13.8 Å². The van der Waals surface area contributed by atoms with Crippen molar-refractivity contribution in [3.8, 4) is 11.8 Å². The highest BCUT2D eigenvalue weighted by Gasteiger charge is 2.31. The number of rotatable bonds is 3. The predicted octanol–water partition coefficient (Wildman–Crippen LogP) is 2.86. The highest BCUT2D eigenvalue weighted by Crippen LogP contribution is 2.41. The van der Waals surface area contributed by atoms with Gasteiger partial charge < -0.3 is 20.9 Å². The minimum absolute atomic E-state index is 0.0220. The highest BCUT2D eigenvalue weighted by molar-refractivity contribution is 6.38. The number of fused-ring (bicyclic) bond motifs is 1. The number of amides is 2. The molecule has 0 spiro atoms. The van der Waals surface area contributed by atoms with E-state index in [1.807, 2.05) is 11.8 Å². The van der Waals surface area contributed by atoms with Crippen LogP contribution in [-0.4, -0.2) is 35.4 Å². The first-order valence-electron chi connectivity index (χ1n) is 9.04. The number of aryl methyl sites for hydroxylation is 1. The summed E-state index contributed by atoms with van der Waals surface area (Å²) in [5.41, 5.74) is 6.83. The third-order valence-corrected chi connectivity index (χ3v) is 5.60. The molecule has 148 valence electrons. The van der Waals surface area contributed by atoms with Crippen molar-refractivity contribution >= 4 is 40.0 Å². The topological polar surface area (TPSA) is 91.2 Å². The lowest BCUT2D eigenvalue weighted by Crippen LogP contribution is -2.51. The van der Waals surface area contributed by atoms with Crippen LogP contribution in [0.5, 0.6) is 0 Å². The van der Waals surface area contributed by atoms with Gasteiger partial charge in [-0.1, -0.05) is 17.5 Å². The van der Waals surface area contributed by atoms with Gasteiger partial charge in [0.1, 0.15) is 5.82 Å². The molecule has 3 rings (SSSR count). The Balaban J connectivity index is 2.09. The molecular formula is C20H22ClFN4O2. The molecule has 0 radical (unpaired) electrons. The van der Waals surface area contributed by atoms with E-state index in [0.717, 1.165) is 18.9 Å². The second-order valence-corrected chi connectivity index (χ2v) is 7.43. The van der Waals surface area contributed by atoms with Gasteiger partial charge in [-0.05, 0) is 45.6 Å². The first-order chi connectivity index (χ1) is 13.2. The lowest BCUT2D eigenvalue weighted by molar-refractivity contribution is -0.116. The number of nitrogens with two attached hydrogens (primary N) is 1. The first kappa shape index (κ1) is 20.0. The number of carbonyl (C=O) groups excluding carboxylic acids is 2. The Kier molecular flexibility index (Phi) is 5.52. The summed E-state index contributed by atoms with van der Waals surface area (Å²) in [6, 6.07) is 0.992. The summed E-state index contributed by atoms with van der Waals surface area (Å²) in [4.78, 5) is 28.6. The predicted molar refractivity (Wildman–Crippen MR) is 108 cm³/mol. The molecule has 0 saturated carbocycles. The van der Waals surface area contributed by atoms with Gasteiger partial charge in [0, 0.05) is 29.7 Å². The van der Waals surface area contributed by atoms with Crippen LogP contribution in [0.2, 0.25) is 5.02 Å². The van der Waals surface area contributed by atoms with Gasteiger partial charge in [0.15, 0.2) is 0 Å². The van der Waals surface area contributed by atoms with E-state index in [2.05, 4.69) is 22.1 Å². The number of benzene rings is 1. The maximum absolute atomic E-state index is 15.2. The maximum atomic E-state index is 15.2. The summed E-state index contributed by atoms with van der Waals surface area (Å²) < 4.78 is 15.2. The minimum Gasteiger partial charge on any atom is -0.366 e. The number of aromatic amines is 1. The van der Waals surface area contributed by atoms with Crippen molar-refractivity contribution in [3.63, 3.8) is 0 Å². The fraction of sp³-hybridized carbons (Fsp3) is 0.400. The molecule has 1 aliphatic rings. The maximum Gasteiger partial charge on any atom is 0.296 e. The van der Waals surface area contributed by atoms with Gasteiger partial charge in [-0.25, -0.2) is 4.39 Å². The number of aromatic nitrogens is 1. The van der Waals surface area contributed by atoms with Crippen LogP contribution in [0.1, 0.15) is 42.7 Å². The van der Waals surface area contributed by atoms with Crippen molar-refractivity contribution in [2.75, 3.05) is 11.4 Å². The molecule has 4 N–H and O–H groups in total. The molecule has 0 bridgehead atoms. The van der Waals surface area contributed by atoms with Crippen LogP contribution in [0.15, 0.2) is 6.07 Å². The number of anilines is 1. The van der Waals surface area contributed by atoms with Gasteiger partial charge in [0.05, 0.1) is 21.8 Å². The van der Waals surface area contributed by atoms with Gasteiger partial charge in [0.25, 0.3) is 11.8 Å². The minimum atomic E-state index is -0.733. The van der Waals surface area contributed by atoms with Gasteiger partial charge in [0.2, 0.25) is 0 Å². The second kappa shape index (κ2) is 7.72. The Morgan fingerprint density at radius 2 is 2.14 bits per heavy atom. The highest BCUT2D eigenvalue weighted by atomic mass is 35.5. The largest absolute Gasteiger partial charge is 0.366 e. The van der Waals surface area contributed by atoms with Gasteiger partial charge in [-0.15, -0.1) is 0 Å². The molecule has 1 aromatic heterocycles. The number of piperidine rings is 1. The summed E-state index contributed by atoms with van der Waals surface area (Å²) >= 11 is 6.46. The van der Waals surface area contributed by atoms with Gasteiger partial charge in [-0.2, -0.15) is 0 Å². The molecule has 1 unspecified atom stereocenters. The Hall–Kier alpha value is -2.72. The van der Waals surface area contributed by atoms with Crippen LogP contribution in [0.25, 0.3) is 10.9 Å². The Bertz CT molecular complexity index is 1020. The summed E-state index contributed by atoms with van der Waals surface area (Å²) in [5, 5.41) is 3.65. The number of nitrogens with one attached hydrogen (secondary N) is 2. The van der Waals surface area contributed by atoms with Crippen LogP contribution in [0.4, 0.5) is 10.1 Å². The molecule has 1 aliphatic heterocycles. The van der Waals surface area contributed by atoms with Crippen molar-refractivity contribution in [3.05, 3.63) is 28.2 Å². The lowest BCUT2D eigenvalue weighted by Gasteiger charge is -2.40. The molecule has 28 heavy (non-hydrogen) atoms. The van der Waals surface area contributed by atoms with E-state index in [9.17, 15) is 9.59 Å². The van der Waals surface area contributed by atoms with Crippen LogP contribution in [-0.2, 0) is 4.79 Å². The molecule has 1 saturated heterocycles. The normalized spacial score (nSPS) is 19.2. The smallest absolute Gasteiger partial charge is 0.296 e. The summed E-state index contributed by atoms with van der Waals surface area (Å²) in [7, 11) is 0. The summed E-state index contributed by atoms with van der Waals surface area (Å²) in [6.07, 6.45) is 1.52. The first-order valence-corrected chi connectivity index (χ1v) is 9.42. The number of carbonyl (C=O) groups is 2. The molecule has 8 heteroatoms. The number of H-pyrrole nitrogens is 1. The molecule has 2 amide bonds. The Labute approximate surface area is 167 Å². The Morgan fingerprint density at radius 3 is 2.79 bits per heavy atom. The van der Waals surface area contributed by atoms with Crippen LogP contribution in [0, 0.1) is 24.6 Å². The standard InChI is InChI=1S/C20H22ClFN4O2/c1-4-5-15(27)25-12-7-6-10(2)26(9-12)19-14(22)8-13(20(23)28)18-16(19)17(21)11(3)24-18/h8,10,12,24H,6-7,9H2,1-3H3,(H2,23,28)(H,25,27)/t10?,12-/m0/s1. The Morgan fingerprint density at radius 1 is 1.43 bits per heavy atom. The van der Waals surface area contributed by atoms with E-state index in [1.165, 1.54) is 0 Å². The van der Waals surface area contributed by atoms with Crippen molar-refractivity contribution in [2.24, 2.45) is 5.73 Å². The molecule has 1 fully saturated rings. The average molecular weight is 405 g/mol. The SMILES string of the molecule is CC#CC(=O)N[C@H]1CCC(C)N(c2c(F)cc(C(N)=O)c3[nH]c(C)c(Cl)c23)C1. The second-order valence-electron chi connectivity index (χ2n) is 7.06. The van der Waals surface area contributed by atoms with Crippen LogP contribution >= 0.6 is 11.6 Å². The number of hydrogen-bond acceptors (Lipinski definition) is 3. The average Bonchev–Trinajstić information content (AvgIpc) is 2.92. The summed E-state index contributed by atoms with van der Waals surface area (Å²) in [5.74, 6) is 3.37. The number of nitrogens with zero attached hydrogens (tertiary/aromatic N) is 1. The summed E-state index contributed by atoms with van der Waals surface area (Å²) in [6.45, 7) is 5.74. The van der Waals surface area contributed by atoms with Gasteiger partial charge in [-0.3, -0.25) is 9.59 Å². The third-order valence-electron chi connectivity index (χ3n) is 5.12. The van der Waals surface area contributed by atoms with E-state index in [0.29, 0.717) is 33.9 Å². The fourth-order valence-corrected chi connectivity index (χ4v) is 3.99. The van der Waals surface area contributed by atoms with Crippen LogP contribution in [0.3, 0.4) is 0 Å². The quantitative estimate of drug-likeness (QED) is 0.687. The molecule has 2 heterocycles. The van der Waals surface area contributed by atoms with E-state index >= 15 is 4.39 Å². The molecule has 1 aromatic carbocycles. The van der Waals surface area contributed by atoms with Gasteiger partial charge >= 0.3 is 0 Å². The zero-order valence-corrected chi connectivity index (χ0v) is 16.7. The molecule has 0 aliphatic carbocycles. The van der Waals surface area contributed by atoms with Crippen molar-refractivity contribution < 1.29 is 14.0 Å². The monoisotopic (exact) mass is 404 g/mol. The fourth-order valence-electron chi connectivity index (χ4n) is 3.76. The van der Waals surface area contributed by atoms with E-state index in [-0.39, 0.29) is 23.6 Å². The third kappa shape index (κ3) is 3.52. The molecular weight excluding hydrogens is 383 g/mol. The van der Waals surface area contributed by atoms with E-state index in [4.69, 9.17) is 17.3 Å². The van der Waals surface area contributed by atoms with Crippen molar-refractivity contribution in [1.82, 2.24) is 10.3 Å². The van der Waals surface area contributed by atoms with Crippen molar-refractivity contribution in [1.29, 1.82) is 0 Å². The molecule has 2 aromatic rings. The lowest BCUT2D eigenvalue weighted by atomic mass is 9.96. The number of hydrogen-bond donors (Lipinski definition) is 3. The zero-order valence-electron chi connectivity index (χ0n) is 16.0.